The molecule has 0 saturated heterocycles. The average Bonchev–Trinajstić information content (AvgIpc) is 2.71. The Labute approximate surface area is 106 Å². The molecule has 4 nitrogen and oxygen atoms in total. The molecule has 1 amide bonds. The predicted molar refractivity (Wildman–Crippen MR) is 69.9 cm³/mol. The van der Waals surface area contributed by atoms with E-state index in [9.17, 15) is 4.79 Å². The van der Waals surface area contributed by atoms with Gasteiger partial charge in [0, 0.05) is 24.4 Å². The number of rotatable bonds is 4. The van der Waals surface area contributed by atoms with Gasteiger partial charge >= 0.3 is 0 Å². The van der Waals surface area contributed by atoms with Gasteiger partial charge in [-0.2, -0.15) is 0 Å². The standard InChI is InChI=1S/C14H17NO3/c1-9-8-18-14-11(9)4-5-13(17-3)12(14)6-7-15-10(2)16/h4-5,8H,6-7H2,1-3H3,(H,15,16). The van der Waals surface area contributed by atoms with Crippen LogP contribution in [-0.4, -0.2) is 19.6 Å². The van der Waals surface area contributed by atoms with Crippen LogP contribution in [0.25, 0.3) is 11.0 Å². The summed E-state index contributed by atoms with van der Waals surface area (Å²) in [6.45, 7) is 4.09. The molecular weight excluding hydrogens is 230 g/mol. The lowest BCUT2D eigenvalue weighted by molar-refractivity contribution is -0.118. The first kappa shape index (κ1) is 12.5. The van der Waals surface area contributed by atoms with Crippen LogP contribution in [0.3, 0.4) is 0 Å². The first-order valence-electron chi connectivity index (χ1n) is 5.91. The van der Waals surface area contributed by atoms with Crippen molar-refractivity contribution >= 4 is 16.9 Å². The molecular formula is C14H17NO3. The largest absolute Gasteiger partial charge is 0.496 e. The molecule has 18 heavy (non-hydrogen) atoms. The molecule has 0 spiro atoms. The Bertz CT molecular complexity index is 572. The van der Waals surface area contributed by atoms with Gasteiger partial charge in [-0.15, -0.1) is 0 Å². The Morgan fingerprint density at radius 1 is 1.44 bits per heavy atom. The van der Waals surface area contributed by atoms with Gasteiger partial charge in [0.25, 0.3) is 0 Å². The molecule has 2 aromatic rings. The summed E-state index contributed by atoms with van der Waals surface area (Å²) in [7, 11) is 1.64. The molecule has 0 aliphatic heterocycles. The fraction of sp³-hybridized carbons (Fsp3) is 0.357. The van der Waals surface area contributed by atoms with E-state index in [0.29, 0.717) is 13.0 Å². The van der Waals surface area contributed by atoms with Crippen LogP contribution >= 0.6 is 0 Å². The fourth-order valence-corrected chi connectivity index (χ4v) is 2.06. The number of nitrogens with one attached hydrogen (secondary N) is 1. The van der Waals surface area contributed by atoms with Crippen LogP contribution in [0.15, 0.2) is 22.8 Å². The second kappa shape index (κ2) is 5.12. The van der Waals surface area contributed by atoms with Crippen LogP contribution < -0.4 is 10.1 Å². The van der Waals surface area contributed by atoms with E-state index < -0.39 is 0 Å². The minimum absolute atomic E-state index is 0.0308. The Balaban J connectivity index is 2.35. The van der Waals surface area contributed by atoms with Crippen LogP contribution in [0, 0.1) is 6.92 Å². The summed E-state index contributed by atoms with van der Waals surface area (Å²) in [5.74, 6) is 0.763. The number of hydrogen-bond acceptors (Lipinski definition) is 3. The molecule has 0 bridgehead atoms. The van der Waals surface area contributed by atoms with E-state index in [0.717, 1.165) is 27.8 Å². The number of methoxy groups -OCH3 is 1. The molecule has 1 aromatic heterocycles. The van der Waals surface area contributed by atoms with Crippen molar-refractivity contribution in [2.45, 2.75) is 20.3 Å². The molecule has 0 atom stereocenters. The van der Waals surface area contributed by atoms with E-state index in [-0.39, 0.29) is 5.91 Å². The number of carbonyl (C=O) groups is 1. The lowest BCUT2D eigenvalue weighted by Crippen LogP contribution is -2.22. The van der Waals surface area contributed by atoms with Gasteiger partial charge < -0.3 is 14.5 Å². The van der Waals surface area contributed by atoms with Gasteiger partial charge in [0.05, 0.1) is 13.4 Å². The number of carbonyl (C=O) groups excluding carboxylic acids is 1. The number of aryl methyl sites for hydroxylation is 1. The first-order chi connectivity index (χ1) is 8.63. The van der Waals surface area contributed by atoms with Gasteiger partial charge in [-0.25, -0.2) is 0 Å². The second-order valence-electron chi connectivity index (χ2n) is 4.27. The lowest BCUT2D eigenvalue weighted by atomic mass is 10.1. The quantitative estimate of drug-likeness (QED) is 0.902. The molecule has 0 aliphatic carbocycles. The van der Waals surface area contributed by atoms with Crippen molar-refractivity contribution in [3.05, 3.63) is 29.5 Å². The Kier molecular flexibility index (Phi) is 3.55. The monoisotopic (exact) mass is 247 g/mol. The van der Waals surface area contributed by atoms with E-state index in [4.69, 9.17) is 9.15 Å². The van der Waals surface area contributed by atoms with E-state index in [2.05, 4.69) is 5.32 Å². The SMILES string of the molecule is COc1ccc2c(C)coc2c1CCNC(C)=O. The summed E-state index contributed by atoms with van der Waals surface area (Å²) < 4.78 is 10.9. The minimum Gasteiger partial charge on any atom is -0.496 e. The molecule has 0 radical (unpaired) electrons. The molecule has 0 unspecified atom stereocenters. The predicted octanol–water partition coefficient (Wildman–Crippen LogP) is 2.43. The number of hydrogen-bond donors (Lipinski definition) is 1. The Morgan fingerprint density at radius 3 is 2.89 bits per heavy atom. The number of fused-ring (bicyclic) bond motifs is 1. The summed E-state index contributed by atoms with van der Waals surface area (Å²) in [5, 5.41) is 3.87. The summed E-state index contributed by atoms with van der Waals surface area (Å²) in [6.07, 6.45) is 2.43. The molecule has 96 valence electrons. The third-order valence-electron chi connectivity index (χ3n) is 2.96. The van der Waals surface area contributed by atoms with Crippen molar-refractivity contribution in [1.29, 1.82) is 0 Å². The van der Waals surface area contributed by atoms with Crippen molar-refractivity contribution in [3.63, 3.8) is 0 Å². The zero-order valence-corrected chi connectivity index (χ0v) is 10.9. The Morgan fingerprint density at radius 2 is 2.22 bits per heavy atom. The lowest BCUT2D eigenvalue weighted by Gasteiger charge is -2.09. The summed E-state index contributed by atoms with van der Waals surface area (Å²) in [5.41, 5.74) is 2.95. The van der Waals surface area contributed by atoms with Crippen molar-refractivity contribution in [1.82, 2.24) is 5.32 Å². The van der Waals surface area contributed by atoms with Crippen LogP contribution in [0.5, 0.6) is 5.75 Å². The number of benzene rings is 1. The molecule has 0 saturated carbocycles. The topological polar surface area (TPSA) is 51.5 Å². The van der Waals surface area contributed by atoms with Gasteiger partial charge in [-0.1, -0.05) is 0 Å². The maximum absolute atomic E-state index is 10.9. The molecule has 1 N–H and O–H groups in total. The maximum Gasteiger partial charge on any atom is 0.216 e. The third kappa shape index (κ3) is 2.32. The van der Waals surface area contributed by atoms with Gasteiger partial charge in [0.15, 0.2) is 0 Å². The summed E-state index contributed by atoms with van der Waals surface area (Å²) in [6, 6.07) is 3.93. The summed E-state index contributed by atoms with van der Waals surface area (Å²) in [4.78, 5) is 10.9. The van der Waals surface area contributed by atoms with E-state index in [1.807, 2.05) is 19.1 Å². The van der Waals surface area contributed by atoms with Crippen LogP contribution in [-0.2, 0) is 11.2 Å². The van der Waals surface area contributed by atoms with Crippen molar-refractivity contribution in [2.24, 2.45) is 0 Å². The highest BCUT2D eigenvalue weighted by Crippen LogP contribution is 2.31. The molecule has 0 fully saturated rings. The van der Waals surface area contributed by atoms with Gasteiger partial charge in [-0.05, 0) is 31.0 Å². The fourth-order valence-electron chi connectivity index (χ4n) is 2.06. The number of furan rings is 1. The molecule has 2 rings (SSSR count). The van der Waals surface area contributed by atoms with Gasteiger partial charge in [0.1, 0.15) is 11.3 Å². The zero-order chi connectivity index (χ0) is 13.1. The van der Waals surface area contributed by atoms with Crippen molar-refractivity contribution < 1.29 is 13.9 Å². The summed E-state index contributed by atoms with van der Waals surface area (Å²) >= 11 is 0. The van der Waals surface area contributed by atoms with Crippen LogP contribution in [0.2, 0.25) is 0 Å². The Hall–Kier alpha value is -1.97. The number of amides is 1. The zero-order valence-electron chi connectivity index (χ0n) is 10.9. The molecule has 1 aromatic carbocycles. The molecule has 0 aliphatic rings. The third-order valence-corrected chi connectivity index (χ3v) is 2.96. The van der Waals surface area contributed by atoms with Crippen molar-refractivity contribution in [2.75, 3.05) is 13.7 Å². The highest BCUT2D eigenvalue weighted by molar-refractivity contribution is 5.85. The van der Waals surface area contributed by atoms with Crippen LogP contribution in [0.4, 0.5) is 0 Å². The maximum atomic E-state index is 10.9. The highest BCUT2D eigenvalue weighted by Gasteiger charge is 2.12. The van der Waals surface area contributed by atoms with E-state index >= 15 is 0 Å². The highest BCUT2D eigenvalue weighted by atomic mass is 16.5. The average molecular weight is 247 g/mol. The number of ether oxygens (including phenoxy) is 1. The molecule has 1 heterocycles. The van der Waals surface area contributed by atoms with Gasteiger partial charge in [-0.3, -0.25) is 4.79 Å². The molecule has 4 heteroatoms. The van der Waals surface area contributed by atoms with E-state index in [1.165, 1.54) is 6.92 Å². The van der Waals surface area contributed by atoms with Gasteiger partial charge in [0.2, 0.25) is 5.91 Å². The van der Waals surface area contributed by atoms with Crippen LogP contribution in [0.1, 0.15) is 18.1 Å². The smallest absolute Gasteiger partial charge is 0.216 e. The van der Waals surface area contributed by atoms with Crippen molar-refractivity contribution in [3.8, 4) is 5.75 Å². The minimum atomic E-state index is -0.0308. The normalized spacial score (nSPS) is 10.6. The first-order valence-corrected chi connectivity index (χ1v) is 5.91. The van der Waals surface area contributed by atoms with E-state index in [1.54, 1.807) is 13.4 Å². The second-order valence-corrected chi connectivity index (χ2v) is 4.27.